The molecule has 3 rings (SSSR count). The van der Waals surface area contributed by atoms with E-state index in [0.29, 0.717) is 41.3 Å². The zero-order valence-corrected chi connectivity index (χ0v) is 19.6. The number of methoxy groups -OCH3 is 3. The summed E-state index contributed by atoms with van der Waals surface area (Å²) in [6.07, 6.45) is 0.669. The molecular formula is C25H30N2O6. The molecule has 0 bridgehead atoms. The van der Waals surface area contributed by atoms with Crippen molar-refractivity contribution in [1.82, 2.24) is 9.80 Å². The van der Waals surface area contributed by atoms with Crippen LogP contribution in [0.25, 0.3) is 5.76 Å². The third-order valence-electron chi connectivity index (χ3n) is 5.63. The van der Waals surface area contributed by atoms with E-state index < -0.39 is 17.7 Å². The number of para-hydroxylation sites is 1. The summed E-state index contributed by atoms with van der Waals surface area (Å²) in [5.74, 6) is -0.245. The van der Waals surface area contributed by atoms with Crippen LogP contribution in [-0.4, -0.2) is 75.1 Å². The summed E-state index contributed by atoms with van der Waals surface area (Å²) < 4.78 is 16.1. The Morgan fingerprint density at radius 1 is 0.970 bits per heavy atom. The second kappa shape index (κ2) is 10.4. The lowest BCUT2D eigenvalue weighted by atomic mass is 9.94. The number of benzene rings is 2. The number of nitrogens with zero attached hydrogens (tertiary/aromatic N) is 2. The van der Waals surface area contributed by atoms with Crippen molar-refractivity contribution in [2.24, 2.45) is 0 Å². The molecule has 33 heavy (non-hydrogen) atoms. The summed E-state index contributed by atoms with van der Waals surface area (Å²) in [5, 5.41) is 11.3. The number of ketones is 1. The molecule has 0 saturated carbocycles. The van der Waals surface area contributed by atoms with Crippen LogP contribution in [0.4, 0.5) is 0 Å². The van der Waals surface area contributed by atoms with E-state index in [1.54, 1.807) is 30.3 Å². The summed E-state index contributed by atoms with van der Waals surface area (Å²) in [5.41, 5.74) is 0.992. The van der Waals surface area contributed by atoms with Gasteiger partial charge in [-0.2, -0.15) is 0 Å². The van der Waals surface area contributed by atoms with Gasteiger partial charge in [0.1, 0.15) is 11.5 Å². The van der Waals surface area contributed by atoms with Gasteiger partial charge in [0.2, 0.25) is 0 Å². The Morgan fingerprint density at radius 2 is 1.64 bits per heavy atom. The lowest BCUT2D eigenvalue weighted by Gasteiger charge is -2.27. The summed E-state index contributed by atoms with van der Waals surface area (Å²) >= 11 is 0. The Bertz CT molecular complexity index is 1060. The summed E-state index contributed by atoms with van der Waals surface area (Å²) in [6, 6.07) is 11.3. The highest BCUT2D eigenvalue weighted by Crippen LogP contribution is 2.43. The van der Waals surface area contributed by atoms with E-state index in [4.69, 9.17) is 14.2 Å². The maximum Gasteiger partial charge on any atom is 0.295 e. The number of ether oxygens (including phenoxy) is 3. The van der Waals surface area contributed by atoms with Crippen LogP contribution in [0.1, 0.15) is 23.6 Å². The molecule has 1 atom stereocenters. The van der Waals surface area contributed by atoms with E-state index in [1.807, 2.05) is 31.1 Å². The minimum atomic E-state index is -0.781. The molecule has 1 aliphatic rings. The first-order valence-electron chi connectivity index (χ1n) is 10.6. The Labute approximate surface area is 194 Å². The molecule has 1 saturated heterocycles. The van der Waals surface area contributed by atoms with Gasteiger partial charge in [-0.15, -0.1) is 0 Å². The SMILES string of the molecule is COc1ccc(/C(O)=C2/C(=O)C(=O)N(CCCN(C)C)C2c2ccccc2OC)cc1OC. The third kappa shape index (κ3) is 4.80. The van der Waals surface area contributed by atoms with Gasteiger partial charge in [0.05, 0.1) is 32.9 Å². The van der Waals surface area contributed by atoms with E-state index >= 15 is 0 Å². The zero-order valence-electron chi connectivity index (χ0n) is 19.6. The van der Waals surface area contributed by atoms with Gasteiger partial charge in [-0.05, 0) is 51.3 Å². The smallest absolute Gasteiger partial charge is 0.295 e. The van der Waals surface area contributed by atoms with Crippen LogP contribution in [-0.2, 0) is 9.59 Å². The molecule has 1 N–H and O–H groups in total. The van der Waals surface area contributed by atoms with E-state index in [9.17, 15) is 14.7 Å². The lowest BCUT2D eigenvalue weighted by molar-refractivity contribution is -0.140. The number of likely N-dealkylation sites (tertiary alicyclic amines) is 1. The van der Waals surface area contributed by atoms with Crippen molar-refractivity contribution in [2.75, 3.05) is 48.5 Å². The van der Waals surface area contributed by atoms with Crippen molar-refractivity contribution < 1.29 is 28.9 Å². The number of Topliss-reactive ketones (excluding diaryl/α,β-unsaturated/α-hetero) is 1. The molecule has 1 heterocycles. The molecular weight excluding hydrogens is 424 g/mol. The molecule has 0 aromatic heterocycles. The van der Waals surface area contributed by atoms with Crippen molar-refractivity contribution in [1.29, 1.82) is 0 Å². The van der Waals surface area contributed by atoms with Crippen LogP contribution in [0.2, 0.25) is 0 Å². The Hall–Kier alpha value is -3.52. The minimum Gasteiger partial charge on any atom is -0.507 e. The fraction of sp³-hybridized carbons (Fsp3) is 0.360. The molecule has 1 aliphatic heterocycles. The van der Waals surface area contributed by atoms with Gasteiger partial charge in [-0.1, -0.05) is 18.2 Å². The van der Waals surface area contributed by atoms with Gasteiger partial charge in [0.15, 0.2) is 11.5 Å². The average Bonchev–Trinajstić information content (AvgIpc) is 3.07. The zero-order chi connectivity index (χ0) is 24.1. The number of carbonyl (C=O) groups excluding carboxylic acids is 2. The van der Waals surface area contributed by atoms with Crippen molar-refractivity contribution in [3.05, 3.63) is 59.2 Å². The van der Waals surface area contributed by atoms with Crippen LogP contribution >= 0.6 is 0 Å². The first-order valence-corrected chi connectivity index (χ1v) is 10.6. The van der Waals surface area contributed by atoms with Crippen molar-refractivity contribution in [2.45, 2.75) is 12.5 Å². The summed E-state index contributed by atoms with van der Waals surface area (Å²) in [7, 11) is 8.43. The van der Waals surface area contributed by atoms with E-state index in [2.05, 4.69) is 0 Å². The molecule has 0 spiro atoms. The number of amides is 1. The van der Waals surface area contributed by atoms with Crippen LogP contribution < -0.4 is 14.2 Å². The predicted molar refractivity (Wildman–Crippen MR) is 125 cm³/mol. The standard InChI is InChI=1S/C25H30N2O6/c1-26(2)13-8-14-27-22(17-9-6-7-10-18(17)31-3)21(24(29)25(27)30)23(28)16-11-12-19(32-4)20(15-16)33-5/h6-7,9-12,15,22,28H,8,13-14H2,1-5H3/b23-21-. The number of carbonyl (C=O) groups is 2. The highest BCUT2D eigenvalue weighted by atomic mass is 16.5. The van der Waals surface area contributed by atoms with Gasteiger partial charge in [-0.3, -0.25) is 9.59 Å². The molecule has 2 aromatic carbocycles. The van der Waals surface area contributed by atoms with Crippen LogP contribution in [0.3, 0.4) is 0 Å². The fourth-order valence-corrected chi connectivity index (χ4v) is 4.02. The second-order valence-electron chi connectivity index (χ2n) is 7.96. The molecule has 0 aliphatic carbocycles. The quantitative estimate of drug-likeness (QED) is 0.354. The van der Waals surface area contributed by atoms with Gasteiger partial charge < -0.3 is 29.1 Å². The van der Waals surface area contributed by atoms with Crippen molar-refractivity contribution in [3.63, 3.8) is 0 Å². The maximum atomic E-state index is 13.2. The molecule has 1 unspecified atom stereocenters. The van der Waals surface area contributed by atoms with E-state index in [1.165, 1.54) is 26.2 Å². The average molecular weight is 455 g/mol. The molecule has 8 heteroatoms. The van der Waals surface area contributed by atoms with Crippen LogP contribution in [0, 0.1) is 0 Å². The number of hydrogen-bond acceptors (Lipinski definition) is 7. The predicted octanol–water partition coefficient (Wildman–Crippen LogP) is 3.09. The summed E-state index contributed by atoms with van der Waals surface area (Å²) in [6.45, 7) is 1.10. The van der Waals surface area contributed by atoms with E-state index in [-0.39, 0.29) is 11.3 Å². The fourth-order valence-electron chi connectivity index (χ4n) is 4.02. The lowest BCUT2D eigenvalue weighted by Crippen LogP contribution is -2.32. The Balaban J connectivity index is 2.16. The highest BCUT2D eigenvalue weighted by molar-refractivity contribution is 6.46. The minimum absolute atomic E-state index is 0.0153. The molecule has 2 aromatic rings. The first kappa shape index (κ1) is 24.1. The van der Waals surface area contributed by atoms with Gasteiger partial charge in [0.25, 0.3) is 11.7 Å². The van der Waals surface area contributed by atoms with Crippen LogP contribution in [0.5, 0.6) is 17.2 Å². The van der Waals surface area contributed by atoms with Gasteiger partial charge in [0, 0.05) is 17.7 Å². The third-order valence-corrected chi connectivity index (χ3v) is 5.63. The first-order chi connectivity index (χ1) is 15.8. The maximum absolute atomic E-state index is 13.2. The normalized spacial score (nSPS) is 17.5. The molecule has 1 fully saturated rings. The molecule has 0 radical (unpaired) electrons. The number of rotatable bonds is 9. The topological polar surface area (TPSA) is 88.5 Å². The highest BCUT2D eigenvalue weighted by Gasteiger charge is 2.46. The van der Waals surface area contributed by atoms with Gasteiger partial charge in [-0.25, -0.2) is 0 Å². The largest absolute Gasteiger partial charge is 0.507 e. The Kier molecular flexibility index (Phi) is 7.60. The molecule has 1 amide bonds. The summed E-state index contributed by atoms with van der Waals surface area (Å²) in [4.78, 5) is 29.8. The number of aliphatic hydroxyl groups excluding tert-OH is 1. The van der Waals surface area contributed by atoms with Crippen molar-refractivity contribution in [3.8, 4) is 17.2 Å². The second-order valence-corrected chi connectivity index (χ2v) is 7.96. The van der Waals surface area contributed by atoms with Crippen molar-refractivity contribution >= 4 is 17.4 Å². The Morgan fingerprint density at radius 3 is 2.27 bits per heavy atom. The molecule has 8 nitrogen and oxygen atoms in total. The van der Waals surface area contributed by atoms with Crippen LogP contribution in [0.15, 0.2) is 48.0 Å². The number of hydrogen-bond donors (Lipinski definition) is 1. The monoisotopic (exact) mass is 454 g/mol. The number of aliphatic hydroxyl groups is 1. The van der Waals surface area contributed by atoms with E-state index in [0.717, 1.165) is 6.54 Å². The van der Waals surface area contributed by atoms with Gasteiger partial charge >= 0.3 is 0 Å². The molecule has 176 valence electrons.